The summed E-state index contributed by atoms with van der Waals surface area (Å²) in [5.41, 5.74) is 0. The van der Waals surface area contributed by atoms with Crippen LogP contribution in [0.25, 0.3) is 0 Å². The molecular weight excluding hydrogens is 440 g/mol. The molecular formula is C26H22Fe2O. The molecule has 10 unspecified atom stereocenters. The van der Waals surface area contributed by atoms with Crippen LogP contribution < -0.4 is 0 Å². The molecule has 0 aromatic carbocycles. The molecule has 20 aliphatic heterocycles. The van der Waals surface area contributed by atoms with Crippen LogP contribution in [0, 0.1) is 24.7 Å². The van der Waals surface area contributed by atoms with Gasteiger partial charge in [-0.3, -0.25) is 0 Å². The van der Waals surface area contributed by atoms with Crippen LogP contribution in [0.5, 0.6) is 0 Å². The first-order valence-electron chi connectivity index (χ1n) is 12.7. The van der Waals surface area contributed by atoms with Gasteiger partial charge in [0.1, 0.15) is 0 Å². The van der Waals surface area contributed by atoms with Crippen LogP contribution in [0.2, 0.25) is 95.3 Å². The summed E-state index contributed by atoms with van der Waals surface area (Å²) in [5, 5.41) is 0. The molecule has 20 saturated heterocycles. The molecule has 0 bridgehead atoms. The van der Waals surface area contributed by atoms with Gasteiger partial charge in [-0.05, 0) is 0 Å². The molecule has 20 fully saturated rings. The van der Waals surface area contributed by atoms with E-state index in [9.17, 15) is 0 Å². The average Bonchev–Trinajstić information content (AvgIpc) is 3.62. The molecule has 20 aliphatic rings. The van der Waals surface area contributed by atoms with E-state index in [0.29, 0.717) is 8.63 Å². The fourth-order valence-electron chi connectivity index (χ4n) is 34.8. The molecule has 10 atom stereocenters. The normalized spacial score (nSPS) is 140. The molecule has 0 saturated carbocycles. The zero-order valence-corrected chi connectivity index (χ0v) is 18.0. The first-order valence-corrected chi connectivity index (χ1v) is 25.3. The molecule has 0 radical (unpaired) electrons. The molecule has 0 N–H and O–H groups in total. The Balaban J connectivity index is 0.946. The molecule has 1 nitrogen and oxygen atoms in total. The standard InChI is InChI=1S/C16H12O.2C5H5.2Fe/c1-3-15(13-9-5-6-10-13)17-16(4-2)14-11-7-8-12-14;2*1-2-4-5-3-1;;/h1-2,5-12,15-16H;2*1-5H;;. The molecule has 0 aliphatic carbocycles. The van der Waals surface area contributed by atoms with Gasteiger partial charge in [0.25, 0.3) is 0 Å². The fraction of sp³-hybridized carbons (Fsp3) is 0.846. The van der Waals surface area contributed by atoms with Crippen LogP contribution in [-0.2, 0) is 17.8 Å². The molecule has 0 aromatic heterocycles. The summed E-state index contributed by atoms with van der Waals surface area (Å²) in [5.74, 6) is 6.86. The Morgan fingerprint density at radius 2 is 0.793 bits per heavy atom. The third-order valence-electron chi connectivity index (χ3n) is 31.0. The predicted molar refractivity (Wildman–Crippen MR) is 99.2 cm³/mol. The van der Waals surface area contributed by atoms with Gasteiger partial charge >= 0.3 is 150 Å². The van der Waals surface area contributed by atoms with E-state index in [2.05, 4.69) is 11.8 Å². The van der Waals surface area contributed by atoms with Crippen molar-refractivity contribution in [2.24, 2.45) is 0 Å². The number of fused-ring (bicyclic) bond motifs is 20. The van der Waals surface area contributed by atoms with Gasteiger partial charge in [0, 0.05) is 0 Å². The van der Waals surface area contributed by atoms with Gasteiger partial charge in [-0.25, -0.2) is 0 Å². The van der Waals surface area contributed by atoms with Crippen molar-refractivity contribution < 1.29 is 17.8 Å². The van der Waals surface area contributed by atoms with Crippen molar-refractivity contribution in [3.05, 3.63) is 0 Å². The van der Waals surface area contributed by atoms with Crippen molar-refractivity contribution in [3.8, 4) is 24.7 Å². The van der Waals surface area contributed by atoms with E-state index in [1.54, 1.807) is 0 Å². The third-order valence-corrected chi connectivity index (χ3v) is 116. The maximum absolute atomic E-state index is 7.40. The molecule has 20 rings (SSSR count). The Morgan fingerprint density at radius 1 is 0.517 bits per heavy atom. The second-order valence-corrected chi connectivity index (χ2v) is 67.9. The fourth-order valence-corrected chi connectivity index (χ4v) is 184. The van der Waals surface area contributed by atoms with E-state index in [0.717, 1.165) is 0 Å². The van der Waals surface area contributed by atoms with Crippen molar-refractivity contribution in [1.29, 1.82) is 0 Å². The van der Waals surface area contributed by atoms with E-state index in [4.69, 9.17) is 17.6 Å². The summed E-state index contributed by atoms with van der Waals surface area (Å²) in [6, 6.07) is 0. The van der Waals surface area contributed by atoms with Crippen molar-refractivity contribution in [1.82, 2.24) is 0 Å². The van der Waals surface area contributed by atoms with Crippen molar-refractivity contribution in [2.75, 3.05) is 0 Å². The van der Waals surface area contributed by atoms with Crippen LogP contribution in [-0.4, -0.2) is 12.2 Å². The van der Waals surface area contributed by atoms with Crippen LogP contribution in [0.4, 0.5) is 0 Å². The monoisotopic (exact) mass is 462 g/mol. The zero-order valence-electron chi connectivity index (χ0n) is 15.8. The number of ether oxygens (including phenoxy) is 1. The summed E-state index contributed by atoms with van der Waals surface area (Å²) < 4.78 is 8.75. The van der Waals surface area contributed by atoms with E-state index in [-0.39, 0.29) is 12.2 Å². The molecule has 3 heteroatoms. The van der Waals surface area contributed by atoms with Crippen molar-refractivity contribution in [2.45, 2.75) is 108 Å². The first-order chi connectivity index (χ1) is 13.7. The van der Waals surface area contributed by atoms with Crippen LogP contribution in [0.15, 0.2) is 0 Å². The topological polar surface area (TPSA) is 9.23 Å². The minimum atomic E-state index is -3.22. The van der Waals surface area contributed by atoms with E-state index in [1.165, 1.54) is 86.7 Å². The number of rotatable bonds is 4. The maximum atomic E-state index is 7.40. The van der Waals surface area contributed by atoms with Gasteiger partial charge in [0.05, 0.1) is 0 Å². The summed E-state index contributed by atoms with van der Waals surface area (Å²) >= 11 is 0. The van der Waals surface area contributed by atoms with E-state index >= 15 is 0 Å². The number of terminal acetylenes is 2. The van der Waals surface area contributed by atoms with Crippen molar-refractivity contribution >= 4 is 0 Å². The van der Waals surface area contributed by atoms with E-state index in [1.807, 2.05) is 0 Å². The molecule has 20 heterocycles. The first kappa shape index (κ1) is 9.94. The van der Waals surface area contributed by atoms with Gasteiger partial charge in [0.15, 0.2) is 0 Å². The SMILES string of the molecule is C#CC(OC(C#C)[C]12[CH]3[CH]4[CH]5[CH]1[Fe]45321678[CH]2[CH]1[CH]6[CH]7[CH]28)[C]12[CH]3[CH]4[CH]5[CH]1[Fe]45321678[CH]2[CH]1[CH]6[CH]7[CH]28. The van der Waals surface area contributed by atoms with Gasteiger partial charge < -0.3 is 0 Å². The zero-order chi connectivity index (χ0) is 17.3. The quantitative estimate of drug-likeness (QED) is 0.341. The molecule has 29 heavy (non-hydrogen) atoms. The Kier molecular flexibility index (Phi) is 0.260. The molecule has 2 spiro atoms. The average molecular weight is 462 g/mol. The number of hydrogen-bond donors (Lipinski definition) is 0. The van der Waals surface area contributed by atoms with E-state index < -0.39 is 13.0 Å². The summed E-state index contributed by atoms with van der Waals surface area (Å²) in [6.45, 7) is -6.44. The summed E-state index contributed by atoms with van der Waals surface area (Å²) in [4.78, 5) is 23.8. The molecule has 0 amide bonds. The van der Waals surface area contributed by atoms with Gasteiger partial charge in [-0.15, -0.1) is 0 Å². The predicted octanol–water partition coefficient (Wildman–Crippen LogP) is 6.53. The van der Waals surface area contributed by atoms with Gasteiger partial charge in [-0.2, -0.15) is 0 Å². The van der Waals surface area contributed by atoms with Crippen molar-refractivity contribution in [3.63, 3.8) is 0 Å². The Labute approximate surface area is 149 Å². The van der Waals surface area contributed by atoms with Gasteiger partial charge in [-0.1, -0.05) is 0 Å². The Hall–Kier alpha value is 0.119. The summed E-state index contributed by atoms with van der Waals surface area (Å²) in [7, 11) is 0. The van der Waals surface area contributed by atoms with Crippen LogP contribution in [0.1, 0.15) is 0 Å². The Morgan fingerprint density at radius 3 is 0.931 bits per heavy atom. The van der Waals surface area contributed by atoms with Gasteiger partial charge in [0.2, 0.25) is 0 Å². The van der Waals surface area contributed by atoms with Crippen LogP contribution >= 0.6 is 0 Å². The minimum absolute atomic E-state index is 0.206. The molecule has 0 aromatic rings. The third kappa shape index (κ3) is 0.0964. The summed E-state index contributed by atoms with van der Waals surface area (Å²) in [6.07, 6.45) is 13.3. The number of hydrogen-bond acceptors (Lipinski definition) is 1. The molecule has 148 valence electrons. The Bertz CT molecular complexity index is 1960. The second-order valence-electron chi connectivity index (χ2n) is 20.7. The second kappa shape index (κ2) is 0.758. The van der Waals surface area contributed by atoms with Crippen LogP contribution in [0.3, 0.4) is 0 Å².